The van der Waals surface area contributed by atoms with Gasteiger partial charge in [-0.1, -0.05) is 60.1 Å². The van der Waals surface area contributed by atoms with Crippen LogP contribution in [0, 0.1) is 5.82 Å². The van der Waals surface area contributed by atoms with E-state index in [4.69, 9.17) is 16.3 Å². The van der Waals surface area contributed by atoms with Crippen molar-refractivity contribution in [2.24, 2.45) is 0 Å². The molecule has 1 aliphatic heterocycles. The number of hydrogen-bond acceptors (Lipinski definition) is 3. The van der Waals surface area contributed by atoms with Crippen molar-refractivity contribution < 1.29 is 13.9 Å². The summed E-state index contributed by atoms with van der Waals surface area (Å²) in [7, 11) is 1.48. The Morgan fingerprint density at radius 3 is 2.56 bits per heavy atom. The van der Waals surface area contributed by atoms with E-state index in [0.29, 0.717) is 35.7 Å². The highest BCUT2D eigenvalue weighted by Crippen LogP contribution is 2.42. The molecule has 0 spiro atoms. The van der Waals surface area contributed by atoms with Crippen molar-refractivity contribution in [1.29, 1.82) is 0 Å². The predicted molar refractivity (Wildman–Crippen MR) is 134 cm³/mol. The fourth-order valence-electron chi connectivity index (χ4n) is 5.20. The van der Waals surface area contributed by atoms with E-state index >= 15 is 4.39 Å². The van der Waals surface area contributed by atoms with Gasteiger partial charge in [-0.25, -0.2) is 4.39 Å². The zero-order valence-electron chi connectivity index (χ0n) is 19.2. The Balaban J connectivity index is 1.43. The standard InChI is InChI=1S/C28H28ClFN2O2/c1-34-28-18(15-31-16-19-12-14-25(33)32-19)11-13-24(27(28)30)23-10-4-9-22(26(23)29)21-8-3-6-17-5-2-7-20(17)21/h3-4,6,8-11,13,19,31H,2,5,7,12,14-16H2,1H3,(H,32,33). The monoisotopic (exact) mass is 478 g/mol. The van der Waals surface area contributed by atoms with Gasteiger partial charge in [-0.15, -0.1) is 0 Å². The molecule has 3 aromatic carbocycles. The van der Waals surface area contributed by atoms with E-state index in [1.54, 1.807) is 6.07 Å². The first-order chi connectivity index (χ1) is 16.6. The lowest BCUT2D eigenvalue weighted by atomic mass is 9.93. The Bertz CT molecular complexity index is 1240. The zero-order chi connectivity index (χ0) is 23.7. The van der Waals surface area contributed by atoms with Gasteiger partial charge in [-0.05, 0) is 42.4 Å². The molecule has 0 radical (unpaired) electrons. The molecule has 3 aromatic rings. The lowest BCUT2D eigenvalue weighted by molar-refractivity contribution is -0.119. The lowest BCUT2D eigenvalue weighted by Crippen LogP contribution is -2.35. The molecule has 1 amide bonds. The normalized spacial score (nSPS) is 17.0. The molecular weight excluding hydrogens is 451 g/mol. The first-order valence-electron chi connectivity index (χ1n) is 11.8. The van der Waals surface area contributed by atoms with Gasteiger partial charge in [0.2, 0.25) is 5.91 Å². The molecule has 176 valence electrons. The average Bonchev–Trinajstić information content (AvgIpc) is 3.48. The van der Waals surface area contributed by atoms with Crippen molar-refractivity contribution >= 4 is 17.5 Å². The minimum Gasteiger partial charge on any atom is -0.493 e. The summed E-state index contributed by atoms with van der Waals surface area (Å²) in [5.41, 5.74) is 6.58. The van der Waals surface area contributed by atoms with Gasteiger partial charge in [0, 0.05) is 47.8 Å². The number of nitrogens with one attached hydrogen (secondary N) is 2. The van der Waals surface area contributed by atoms with Gasteiger partial charge < -0.3 is 15.4 Å². The largest absolute Gasteiger partial charge is 0.493 e. The Kier molecular flexibility index (Phi) is 6.57. The smallest absolute Gasteiger partial charge is 0.220 e. The third-order valence-corrected chi connectivity index (χ3v) is 7.31. The van der Waals surface area contributed by atoms with Gasteiger partial charge in [-0.3, -0.25) is 4.79 Å². The number of hydrogen-bond donors (Lipinski definition) is 2. The molecule has 2 aliphatic rings. The lowest BCUT2D eigenvalue weighted by Gasteiger charge is -2.17. The van der Waals surface area contributed by atoms with Crippen molar-refractivity contribution in [2.75, 3.05) is 13.7 Å². The summed E-state index contributed by atoms with van der Waals surface area (Å²) in [4.78, 5) is 11.4. The molecule has 1 aliphatic carbocycles. The highest BCUT2D eigenvalue weighted by Gasteiger charge is 2.23. The number of methoxy groups -OCH3 is 1. The van der Waals surface area contributed by atoms with Crippen LogP contribution < -0.4 is 15.4 Å². The van der Waals surface area contributed by atoms with Crippen LogP contribution in [-0.4, -0.2) is 25.6 Å². The van der Waals surface area contributed by atoms with Gasteiger partial charge in [0.05, 0.1) is 12.1 Å². The van der Waals surface area contributed by atoms with Crippen LogP contribution in [0.2, 0.25) is 5.02 Å². The van der Waals surface area contributed by atoms with Crippen molar-refractivity contribution in [3.8, 4) is 28.0 Å². The van der Waals surface area contributed by atoms with Crippen LogP contribution in [0.5, 0.6) is 5.75 Å². The van der Waals surface area contributed by atoms with Crippen LogP contribution >= 0.6 is 11.6 Å². The Morgan fingerprint density at radius 1 is 1.03 bits per heavy atom. The third-order valence-electron chi connectivity index (χ3n) is 6.90. The van der Waals surface area contributed by atoms with E-state index in [1.807, 2.05) is 24.3 Å². The maximum absolute atomic E-state index is 15.7. The summed E-state index contributed by atoms with van der Waals surface area (Å²) in [6.07, 6.45) is 4.66. The highest BCUT2D eigenvalue weighted by atomic mass is 35.5. The molecule has 0 aromatic heterocycles. The number of ether oxygens (including phenoxy) is 1. The molecule has 6 heteroatoms. The van der Waals surface area contributed by atoms with E-state index in [0.717, 1.165) is 42.4 Å². The van der Waals surface area contributed by atoms with Gasteiger partial charge >= 0.3 is 0 Å². The quantitative estimate of drug-likeness (QED) is 0.459. The molecule has 1 saturated heterocycles. The topological polar surface area (TPSA) is 50.4 Å². The summed E-state index contributed by atoms with van der Waals surface area (Å²) >= 11 is 6.90. The number of rotatable bonds is 7. The van der Waals surface area contributed by atoms with Gasteiger partial charge in [0.1, 0.15) is 0 Å². The Hall–Kier alpha value is -2.89. The number of carbonyl (C=O) groups excluding carboxylic acids is 1. The SMILES string of the molecule is COc1c(CNCC2CCC(=O)N2)ccc(-c2cccc(-c3cccc4c3CCC4)c2Cl)c1F. The molecule has 34 heavy (non-hydrogen) atoms. The van der Waals surface area contributed by atoms with Crippen LogP contribution in [0.4, 0.5) is 4.39 Å². The second-order valence-electron chi connectivity index (χ2n) is 9.02. The molecule has 0 bridgehead atoms. The molecule has 1 unspecified atom stereocenters. The second-order valence-corrected chi connectivity index (χ2v) is 9.40. The minimum atomic E-state index is -0.423. The van der Waals surface area contributed by atoms with E-state index < -0.39 is 5.82 Å². The number of halogens is 2. The molecule has 5 rings (SSSR count). The fourth-order valence-corrected chi connectivity index (χ4v) is 5.53. The molecule has 2 N–H and O–H groups in total. The molecule has 4 nitrogen and oxygen atoms in total. The first-order valence-corrected chi connectivity index (χ1v) is 12.2. The van der Waals surface area contributed by atoms with E-state index in [-0.39, 0.29) is 17.7 Å². The summed E-state index contributed by atoms with van der Waals surface area (Å²) in [6.45, 7) is 1.07. The number of amides is 1. The highest BCUT2D eigenvalue weighted by molar-refractivity contribution is 6.36. The van der Waals surface area contributed by atoms with Crippen LogP contribution in [0.15, 0.2) is 48.5 Å². The predicted octanol–water partition coefficient (Wildman–Crippen LogP) is 5.68. The fraction of sp³-hybridized carbons (Fsp3) is 0.321. The summed E-state index contributed by atoms with van der Waals surface area (Å²) < 4.78 is 21.1. The maximum Gasteiger partial charge on any atom is 0.220 e. The van der Waals surface area contributed by atoms with Crippen LogP contribution in [0.25, 0.3) is 22.3 Å². The van der Waals surface area contributed by atoms with E-state index in [2.05, 4.69) is 28.8 Å². The molecule has 0 saturated carbocycles. The summed E-state index contributed by atoms with van der Waals surface area (Å²) in [5.74, 6) is -0.129. The Morgan fingerprint density at radius 2 is 1.79 bits per heavy atom. The molecule has 1 heterocycles. The van der Waals surface area contributed by atoms with Gasteiger partial charge in [0.15, 0.2) is 11.6 Å². The maximum atomic E-state index is 15.7. The van der Waals surface area contributed by atoms with E-state index in [1.165, 1.54) is 18.2 Å². The van der Waals surface area contributed by atoms with Crippen molar-refractivity contribution in [3.05, 3.63) is 76.1 Å². The van der Waals surface area contributed by atoms with Crippen LogP contribution in [0.3, 0.4) is 0 Å². The van der Waals surface area contributed by atoms with Gasteiger partial charge in [-0.2, -0.15) is 0 Å². The second kappa shape index (κ2) is 9.77. The average molecular weight is 479 g/mol. The minimum absolute atomic E-state index is 0.0827. The molecule has 1 atom stereocenters. The zero-order valence-corrected chi connectivity index (χ0v) is 20.0. The number of aryl methyl sites for hydroxylation is 1. The molecule has 1 fully saturated rings. The van der Waals surface area contributed by atoms with Crippen molar-refractivity contribution in [2.45, 2.75) is 44.7 Å². The number of carbonyl (C=O) groups is 1. The number of benzene rings is 3. The molecular formula is C28H28ClFN2O2. The van der Waals surface area contributed by atoms with Crippen molar-refractivity contribution in [1.82, 2.24) is 10.6 Å². The van der Waals surface area contributed by atoms with E-state index in [9.17, 15) is 4.79 Å². The Labute approximate surface area is 204 Å². The van der Waals surface area contributed by atoms with Crippen LogP contribution in [-0.2, 0) is 24.2 Å². The first kappa shape index (κ1) is 22.9. The number of fused-ring (bicyclic) bond motifs is 1. The van der Waals surface area contributed by atoms with Gasteiger partial charge in [0.25, 0.3) is 0 Å². The third kappa shape index (κ3) is 4.30. The van der Waals surface area contributed by atoms with Crippen LogP contribution in [0.1, 0.15) is 36.0 Å². The summed E-state index contributed by atoms with van der Waals surface area (Å²) in [6, 6.07) is 15.9. The summed E-state index contributed by atoms with van der Waals surface area (Å²) in [5, 5.41) is 6.78. The van der Waals surface area contributed by atoms with Crippen molar-refractivity contribution in [3.63, 3.8) is 0 Å².